The molecular weight excluding hydrogens is 579 g/mol. The Hall–Kier alpha value is -4.38. The first-order valence-electron chi connectivity index (χ1n) is 13.5. The Bertz CT molecular complexity index is 2010. The number of sulfone groups is 1. The number of halogens is 3. The Morgan fingerprint density at radius 2 is 1.65 bits per heavy atom. The molecule has 43 heavy (non-hydrogen) atoms. The first kappa shape index (κ1) is 28.7. The van der Waals surface area contributed by atoms with E-state index in [4.69, 9.17) is 14.1 Å². The number of fused-ring (bicyclic) bond motifs is 1. The minimum atomic E-state index is -4.63. The van der Waals surface area contributed by atoms with Gasteiger partial charge in [-0.25, -0.2) is 18.4 Å². The molecule has 3 heterocycles. The van der Waals surface area contributed by atoms with E-state index < -0.39 is 21.7 Å². The quantitative estimate of drug-likeness (QED) is 0.204. The van der Waals surface area contributed by atoms with Crippen LogP contribution in [0.25, 0.3) is 39.4 Å². The molecule has 0 saturated carbocycles. The molecule has 0 saturated heterocycles. The second-order valence-electron chi connectivity index (χ2n) is 11.3. The Kier molecular flexibility index (Phi) is 6.57. The standard InChI is InChI=1S/C32H28F3N3O4S/c1-18-36-28(32(33,34)35)17-38(18)26-11-9-21(20-7-6-8-24(14-20)43(5,39)40)15-25(26)29-30(41-19(2)37-29)22-10-12-27-23(13-22)16-31(3,4)42-27/h6-15,17H,16H2,1-5H3. The largest absolute Gasteiger partial charge is 0.487 e. The second-order valence-corrected chi connectivity index (χ2v) is 13.4. The lowest BCUT2D eigenvalue weighted by Crippen LogP contribution is -2.24. The number of nitrogens with zero attached hydrogens (tertiary/aromatic N) is 3. The van der Waals surface area contributed by atoms with Gasteiger partial charge in [0.25, 0.3) is 0 Å². The highest BCUT2D eigenvalue weighted by Gasteiger charge is 2.35. The van der Waals surface area contributed by atoms with Gasteiger partial charge < -0.3 is 13.7 Å². The third-order valence-corrected chi connectivity index (χ3v) is 8.45. The lowest BCUT2D eigenvalue weighted by molar-refractivity contribution is -0.141. The van der Waals surface area contributed by atoms with E-state index in [0.717, 1.165) is 29.3 Å². The van der Waals surface area contributed by atoms with Gasteiger partial charge in [-0.15, -0.1) is 0 Å². The van der Waals surface area contributed by atoms with Crippen molar-refractivity contribution in [2.75, 3.05) is 6.26 Å². The highest BCUT2D eigenvalue weighted by Crippen LogP contribution is 2.42. The molecule has 3 aromatic carbocycles. The van der Waals surface area contributed by atoms with Crippen molar-refractivity contribution in [3.05, 3.63) is 89.8 Å². The van der Waals surface area contributed by atoms with Crippen LogP contribution in [-0.4, -0.2) is 34.8 Å². The topological polar surface area (TPSA) is 87.2 Å². The SMILES string of the molecule is Cc1nc(-c2cc(-c3cccc(S(C)(=O)=O)c3)ccc2-n2cc(C(F)(F)F)nc2C)c(-c2ccc3c(c2)CC(C)(C)O3)o1. The molecule has 0 aliphatic carbocycles. The van der Waals surface area contributed by atoms with Crippen LogP contribution in [0.2, 0.25) is 0 Å². The van der Waals surface area contributed by atoms with Crippen LogP contribution in [0, 0.1) is 13.8 Å². The zero-order chi connectivity index (χ0) is 30.9. The van der Waals surface area contributed by atoms with Gasteiger partial charge in [0.1, 0.15) is 22.9 Å². The van der Waals surface area contributed by atoms with Crippen LogP contribution in [-0.2, 0) is 22.4 Å². The van der Waals surface area contributed by atoms with Crippen molar-refractivity contribution >= 4 is 9.84 Å². The van der Waals surface area contributed by atoms with Crippen molar-refractivity contribution < 1.29 is 30.7 Å². The third kappa shape index (κ3) is 5.45. The molecule has 11 heteroatoms. The molecule has 0 atom stereocenters. The van der Waals surface area contributed by atoms with Crippen molar-refractivity contribution in [3.63, 3.8) is 0 Å². The molecule has 0 unspecified atom stereocenters. The van der Waals surface area contributed by atoms with Gasteiger partial charge in [-0.05, 0) is 79.9 Å². The normalized spacial score (nSPS) is 14.5. The summed E-state index contributed by atoms with van der Waals surface area (Å²) in [5, 5.41) is 0. The summed E-state index contributed by atoms with van der Waals surface area (Å²) in [5.41, 5.74) is 2.97. The smallest absolute Gasteiger partial charge is 0.434 e. The van der Waals surface area contributed by atoms with Crippen LogP contribution < -0.4 is 4.74 Å². The fraction of sp³-hybridized carbons (Fsp3) is 0.250. The van der Waals surface area contributed by atoms with Gasteiger partial charge in [-0.1, -0.05) is 18.2 Å². The Morgan fingerprint density at radius 1 is 0.930 bits per heavy atom. The molecule has 0 bridgehead atoms. The van der Waals surface area contributed by atoms with Crippen molar-refractivity contribution in [2.45, 2.75) is 50.8 Å². The average Bonchev–Trinajstić information content (AvgIpc) is 3.60. The highest BCUT2D eigenvalue weighted by atomic mass is 32.2. The summed E-state index contributed by atoms with van der Waals surface area (Å²) in [6.45, 7) is 7.22. The predicted molar refractivity (Wildman–Crippen MR) is 156 cm³/mol. The van der Waals surface area contributed by atoms with Crippen LogP contribution in [0.3, 0.4) is 0 Å². The van der Waals surface area contributed by atoms with E-state index in [9.17, 15) is 21.6 Å². The number of rotatable bonds is 5. The molecule has 0 N–H and O–H groups in total. The van der Waals surface area contributed by atoms with Crippen LogP contribution >= 0.6 is 0 Å². The summed E-state index contributed by atoms with van der Waals surface area (Å²) in [5.74, 6) is 1.74. The number of hydrogen-bond acceptors (Lipinski definition) is 6. The van der Waals surface area contributed by atoms with Crippen molar-refractivity contribution in [1.29, 1.82) is 0 Å². The van der Waals surface area contributed by atoms with Crippen molar-refractivity contribution in [2.24, 2.45) is 0 Å². The molecule has 0 amide bonds. The van der Waals surface area contributed by atoms with Gasteiger partial charge in [-0.2, -0.15) is 13.2 Å². The molecule has 1 aliphatic heterocycles. The van der Waals surface area contributed by atoms with E-state index in [2.05, 4.69) is 4.98 Å². The van der Waals surface area contributed by atoms with E-state index in [1.165, 1.54) is 17.6 Å². The van der Waals surface area contributed by atoms with Crippen molar-refractivity contribution in [3.8, 4) is 45.1 Å². The molecule has 222 valence electrons. The minimum Gasteiger partial charge on any atom is -0.487 e. The minimum absolute atomic E-state index is 0.138. The first-order chi connectivity index (χ1) is 20.1. The highest BCUT2D eigenvalue weighted by molar-refractivity contribution is 7.90. The molecule has 5 aromatic rings. The molecule has 0 fully saturated rings. The number of oxazole rings is 1. The maximum atomic E-state index is 13.6. The van der Waals surface area contributed by atoms with Crippen LogP contribution in [0.5, 0.6) is 5.75 Å². The fourth-order valence-corrected chi connectivity index (χ4v) is 6.10. The maximum absolute atomic E-state index is 13.6. The maximum Gasteiger partial charge on any atom is 0.434 e. The number of ether oxygens (including phenoxy) is 1. The average molecular weight is 608 g/mol. The summed E-state index contributed by atoms with van der Waals surface area (Å²) in [6, 6.07) is 17.4. The Labute approximate surface area is 246 Å². The number of alkyl halides is 3. The molecular formula is C32H28F3N3O4S. The van der Waals surface area contributed by atoms with Crippen molar-refractivity contribution in [1.82, 2.24) is 14.5 Å². The van der Waals surface area contributed by atoms with E-state index in [-0.39, 0.29) is 16.3 Å². The lowest BCUT2D eigenvalue weighted by atomic mass is 9.96. The monoisotopic (exact) mass is 607 g/mol. The summed E-state index contributed by atoms with van der Waals surface area (Å²) in [4.78, 5) is 8.61. The Morgan fingerprint density at radius 3 is 2.35 bits per heavy atom. The number of aryl methyl sites for hydroxylation is 2. The number of benzene rings is 3. The van der Waals surface area contributed by atoms with E-state index in [0.29, 0.717) is 46.1 Å². The number of aromatic nitrogens is 3. The summed E-state index contributed by atoms with van der Waals surface area (Å²) in [7, 11) is -3.47. The molecule has 1 aliphatic rings. The second kappa shape index (κ2) is 9.84. The zero-order valence-corrected chi connectivity index (χ0v) is 24.9. The summed E-state index contributed by atoms with van der Waals surface area (Å²) < 4.78 is 78.9. The van der Waals surface area contributed by atoms with Crippen LogP contribution in [0.15, 0.2) is 76.2 Å². The van der Waals surface area contributed by atoms with Gasteiger partial charge in [0.15, 0.2) is 27.2 Å². The zero-order valence-electron chi connectivity index (χ0n) is 24.1. The van der Waals surface area contributed by atoms with Crippen LogP contribution in [0.1, 0.15) is 36.8 Å². The summed E-state index contributed by atoms with van der Waals surface area (Å²) >= 11 is 0. The molecule has 6 rings (SSSR count). The number of hydrogen-bond donors (Lipinski definition) is 0. The van der Waals surface area contributed by atoms with Gasteiger partial charge in [0.05, 0.1) is 10.6 Å². The van der Waals surface area contributed by atoms with E-state index >= 15 is 0 Å². The summed E-state index contributed by atoms with van der Waals surface area (Å²) in [6.07, 6.45) is -1.84. The fourth-order valence-electron chi connectivity index (χ4n) is 5.43. The molecule has 0 spiro atoms. The molecule has 2 aromatic heterocycles. The van der Waals surface area contributed by atoms with E-state index in [1.807, 2.05) is 32.0 Å². The number of imidazole rings is 1. The predicted octanol–water partition coefficient (Wildman–Crippen LogP) is 7.61. The van der Waals surface area contributed by atoms with Gasteiger partial charge in [-0.3, -0.25) is 0 Å². The Balaban J connectivity index is 1.57. The van der Waals surface area contributed by atoms with E-state index in [1.54, 1.807) is 43.3 Å². The van der Waals surface area contributed by atoms with Gasteiger partial charge in [0.2, 0.25) is 0 Å². The van der Waals surface area contributed by atoms with Crippen LogP contribution in [0.4, 0.5) is 13.2 Å². The van der Waals surface area contributed by atoms with Gasteiger partial charge >= 0.3 is 6.18 Å². The van der Waals surface area contributed by atoms with Gasteiger partial charge in [0, 0.05) is 36.9 Å². The molecule has 0 radical (unpaired) electrons. The third-order valence-electron chi connectivity index (χ3n) is 7.34. The first-order valence-corrected chi connectivity index (χ1v) is 15.4. The lowest BCUT2D eigenvalue weighted by Gasteiger charge is -2.16. The molecule has 7 nitrogen and oxygen atoms in total.